The van der Waals surface area contributed by atoms with Gasteiger partial charge in [0.15, 0.2) is 5.78 Å². The normalized spacial score (nSPS) is 18.9. The van der Waals surface area contributed by atoms with Gasteiger partial charge in [0.05, 0.1) is 0 Å². The van der Waals surface area contributed by atoms with Crippen LogP contribution in [0.5, 0.6) is 0 Å². The first-order chi connectivity index (χ1) is 8.70. The second-order valence-corrected chi connectivity index (χ2v) is 6.47. The summed E-state index contributed by atoms with van der Waals surface area (Å²) in [4.78, 5) is 12.5. The Morgan fingerprint density at radius 1 is 1.17 bits per heavy atom. The zero-order valence-corrected chi connectivity index (χ0v) is 11.7. The maximum absolute atomic E-state index is 11.2. The Bertz CT molecular complexity index is 416. The zero-order chi connectivity index (χ0) is 12.8. The van der Waals surface area contributed by atoms with Gasteiger partial charge in [-0.15, -0.1) is 11.8 Å². The average Bonchev–Trinajstić information content (AvgIpc) is 2.39. The molecule has 1 aliphatic carbocycles. The topological polar surface area (TPSA) is 17.1 Å². The highest BCUT2D eigenvalue weighted by Crippen LogP contribution is 2.44. The van der Waals surface area contributed by atoms with Crippen molar-refractivity contribution in [2.24, 2.45) is 0 Å². The van der Waals surface area contributed by atoms with Crippen LogP contribution in [0, 0.1) is 0 Å². The Kier molecular flexibility index (Phi) is 4.65. The molecule has 0 bridgehead atoms. The molecule has 0 N–H and O–H groups in total. The van der Waals surface area contributed by atoms with Crippen LogP contribution >= 0.6 is 11.8 Å². The van der Waals surface area contributed by atoms with Gasteiger partial charge in [0.2, 0.25) is 0 Å². The van der Waals surface area contributed by atoms with Gasteiger partial charge in [0.1, 0.15) is 0 Å². The molecule has 0 heterocycles. The van der Waals surface area contributed by atoms with Crippen LogP contribution in [0.2, 0.25) is 0 Å². The third-order valence-electron chi connectivity index (χ3n) is 3.39. The summed E-state index contributed by atoms with van der Waals surface area (Å²) in [7, 11) is 0. The van der Waals surface area contributed by atoms with Crippen molar-refractivity contribution in [1.82, 2.24) is 0 Å². The highest BCUT2D eigenvalue weighted by Gasteiger charge is 2.30. The molecule has 0 spiro atoms. The fourth-order valence-electron chi connectivity index (χ4n) is 2.45. The van der Waals surface area contributed by atoms with Gasteiger partial charge in [-0.2, -0.15) is 0 Å². The molecule has 0 saturated heterocycles. The first-order valence-corrected chi connectivity index (χ1v) is 7.46. The van der Waals surface area contributed by atoms with E-state index in [9.17, 15) is 4.79 Å². The molecule has 2 rings (SSSR count). The first kappa shape index (κ1) is 13.4. The fourth-order valence-corrected chi connectivity index (χ4v) is 3.84. The zero-order valence-electron chi connectivity index (χ0n) is 10.9. The summed E-state index contributed by atoms with van der Waals surface area (Å²) in [5, 5.41) is 0. The Morgan fingerprint density at radius 3 is 2.44 bits per heavy atom. The van der Waals surface area contributed by atoms with Crippen molar-refractivity contribution in [3.05, 3.63) is 42.5 Å². The summed E-state index contributed by atoms with van der Waals surface area (Å²) >= 11 is 1.91. The SMILES string of the molecule is CC(=O)/C=C/C1(Sc2ccccc2)CCCCC1. The molecule has 1 nitrogen and oxygen atoms in total. The number of ketones is 1. The molecule has 1 fully saturated rings. The van der Waals surface area contributed by atoms with Gasteiger partial charge in [0, 0.05) is 9.64 Å². The van der Waals surface area contributed by atoms with Crippen LogP contribution in [-0.4, -0.2) is 10.5 Å². The number of carbonyl (C=O) groups is 1. The van der Waals surface area contributed by atoms with Crippen molar-refractivity contribution in [3.63, 3.8) is 0 Å². The third kappa shape index (κ3) is 3.74. The van der Waals surface area contributed by atoms with E-state index in [-0.39, 0.29) is 10.5 Å². The van der Waals surface area contributed by atoms with Crippen molar-refractivity contribution in [2.75, 3.05) is 0 Å². The summed E-state index contributed by atoms with van der Waals surface area (Å²) < 4.78 is 0.130. The van der Waals surface area contributed by atoms with Crippen LogP contribution in [0.4, 0.5) is 0 Å². The molecule has 2 heteroatoms. The van der Waals surface area contributed by atoms with Crippen LogP contribution < -0.4 is 0 Å². The van der Waals surface area contributed by atoms with E-state index in [0.717, 1.165) is 0 Å². The number of carbonyl (C=O) groups excluding carboxylic acids is 1. The highest BCUT2D eigenvalue weighted by molar-refractivity contribution is 8.00. The molecule has 0 unspecified atom stereocenters. The van der Waals surface area contributed by atoms with E-state index in [1.807, 2.05) is 17.8 Å². The molecular weight excluding hydrogens is 240 g/mol. The molecule has 1 saturated carbocycles. The van der Waals surface area contributed by atoms with E-state index in [1.54, 1.807) is 13.0 Å². The summed E-state index contributed by atoms with van der Waals surface area (Å²) in [6, 6.07) is 10.5. The molecule has 0 aromatic heterocycles. The predicted molar refractivity (Wildman–Crippen MR) is 77.9 cm³/mol. The van der Waals surface area contributed by atoms with Crippen LogP contribution in [0.1, 0.15) is 39.0 Å². The van der Waals surface area contributed by atoms with Crippen LogP contribution in [-0.2, 0) is 4.79 Å². The Labute approximate surface area is 114 Å². The Balaban J connectivity index is 2.16. The van der Waals surface area contributed by atoms with Crippen molar-refractivity contribution < 1.29 is 4.79 Å². The number of hydrogen-bond acceptors (Lipinski definition) is 2. The van der Waals surface area contributed by atoms with Gasteiger partial charge >= 0.3 is 0 Å². The van der Waals surface area contributed by atoms with Gasteiger partial charge in [-0.3, -0.25) is 4.79 Å². The number of thioether (sulfide) groups is 1. The molecule has 1 aromatic carbocycles. The number of rotatable bonds is 4. The lowest BCUT2D eigenvalue weighted by Crippen LogP contribution is -2.25. The van der Waals surface area contributed by atoms with Gasteiger partial charge in [-0.05, 0) is 38.0 Å². The third-order valence-corrected chi connectivity index (χ3v) is 4.84. The highest BCUT2D eigenvalue weighted by atomic mass is 32.2. The van der Waals surface area contributed by atoms with Crippen LogP contribution in [0.15, 0.2) is 47.4 Å². The standard InChI is InChI=1S/C16H20OS/c1-14(17)10-13-16(11-6-3-7-12-16)18-15-8-4-2-5-9-15/h2,4-5,8-10,13H,3,6-7,11-12H2,1H3/b13-10+. The summed E-state index contributed by atoms with van der Waals surface area (Å²) in [6.07, 6.45) is 10.1. The number of hydrogen-bond donors (Lipinski definition) is 0. The number of allylic oxidation sites excluding steroid dienone is 1. The summed E-state index contributed by atoms with van der Waals surface area (Å²) in [5.74, 6) is 0.147. The van der Waals surface area contributed by atoms with Gasteiger partial charge in [-0.1, -0.05) is 43.5 Å². The quantitative estimate of drug-likeness (QED) is 0.734. The minimum absolute atomic E-state index is 0.130. The van der Waals surface area contributed by atoms with E-state index >= 15 is 0 Å². The molecule has 0 atom stereocenters. The van der Waals surface area contributed by atoms with Gasteiger partial charge in [0.25, 0.3) is 0 Å². The second-order valence-electron chi connectivity index (χ2n) is 4.98. The van der Waals surface area contributed by atoms with Crippen LogP contribution in [0.25, 0.3) is 0 Å². The van der Waals surface area contributed by atoms with E-state index in [4.69, 9.17) is 0 Å². The van der Waals surface area contributed by atoms with Crippen molar-refractivity contribution >= 4 is 17.5 Å². The Hall–Kier alpha value is -1.02. The maximum atomic E-state index is 11.2. The monoisotopic (exact) mass is 260 g/mol. The molecule has 96 valence electrons. The smallest absolute Gasteiger partial charge is 0.152 e. The maximum Gasteiger partial charge on any atom is 0.152 e. The molecule has 1 aromatic rings. The molecule has 0 amide bonds. The molecule has 0 aliphatic heterocycles. The fraction of sp³-hybridized carbons (Fsp3) is 0.438. The van der Waals surface area contributed by atoms with Gasteiger partial charge < -0.3 is 0 Å². The van der Waals surface area contributed by atoms with Gasteiger partial charge in [-0.25, -0.2) is 0 Å². The predicted octanol–water partition coefficient (Wildman–Crippen LogP) is 4.63. The molecule has 1 aliphatic rings. The minimum atomic E-state index is 0.130. The average molecular weight is 260 g/mol. The van der Waals surface area contributed by atoms with E-state index in [2.05, 4.69) is 30.3 Å². The largest absolute Gasteiger partial charge is 0.295 e. The lowest BCUT2D eigenvalue weighted by Gasteiger charge is -2.34. The van der Waals surface area contributed by atoms with E-state index in [1.165, 1.54) is 37.0 Å². The number of benzene rings is 1. The summed E-state index contributed by atoms with van der Waals surface area (Å²) in [5.41, 5.74) is 0. The lowest BCUT2D eigenvalue weighted by atomic mass is 9.88. The lowest BCUT2D eigenvalue weighted by molar-refractivity contribution is -0.112. The second kappa shape index (κ2) is 6.24. The minimum Gasteiger partial charge on any atom is -0.295 e. The molecule has 0 radical (unpaired) electrons. The first-order valence-electron chi connectivity index (χ1n) is 6.64. The van der Waals surface area contributed by atoms with E-state index in [0.29, 0.717) is 0 Å². The van der Waals surface area contributed by atoms with Crippen molar-refractivity contribution in [3.8, 4) is 0 Å². The Morgan fingerprint density at radius 2 is 1.83 bits per heavy atom. The van der Waals surface area contributed by atoms with Crippen molar-refractivity contribution in [2.45, 2.75) is 48.7 Å². The van der Waals surface area contributed by atoms with Crippen LogP contribution in [0.3, 0.4) is 0 Å². The molecule has 18 heavy (non-hydrogen) atoms. The van der Waals surface area contributed by atoms with Crippen molar-refractivity contribution in [1.29, 1.82) is 0 Å². The van der Waals surface area contributed by atoms with E-state index < -0.39 is 0 Å². The summed E-state index contributed by atoms with van der Waals surface area (Å²) in [6.45, 7) is 1.63. The molecular formula is C16H20OS.